The standard InChI is InChI=1S/C6H12O/c1-4-5-6(2,3)7/h7H,2-5H2,1H3. The van der Waals surface area contributed by atoms with Crippen LogP contribution < -0.4 is 0 Å². The molecule has 7 heavy (non-hydrogen) atoms. The lowest BCUT2D eigenvalue weighted by Gasteiger charge is -2.13. The van der Waals surface area contributed by atoms with Crippen molar-refractivity contribution < 1.29 is 5.11 Å². The van der Waals surface area contributed by atoms with E-state index in [1.54, 1.807) is 0 Å². The van der Waals surface area contributed by atoms with Crippen molar-refractivity contribution in [3.8, 4) is 0 Å². The van der Waals surface area contributed by atoms with Gasteiger partial charge in [-0.25, -0.2) is 0 Å². The molecule has 1 nitrogen and oxygen atoms in total. The fourth-order valence-corrected chi connectivity index (χ4v) is 0.465. The van der Waals surface area contributed by atoms with Crippen molar-refractivity contribution in [2.24, 2.45) is 0 Å². The van der Waals surface area contributed by atoms with E-state index in [2.05, 4.69) is 13.8 Å². The van der Waals surface area contributed by atoms with Gasteiger partial charge in [-0.3, -0.25) is 0 Å². The lowest BCUT2D eigenvalue weighted by atomic mass is 10.0. The summed E-state index contributed by atoms with van der Waals surface area (Å²) in [4.78, 5) is 0. The van der Waals surface area contributed by atoms with Crippen molar-refractivity contribution in [3.63, 3.8) is 0 Å². The molecule has 2 radical (unpaired) electrons. The SMILES string of the molecule is [CH2]C([CH2])(O)CCC. The Morgan fingerprint density at radius 1 is 1.57 bits per heavy atom. The van der Waals surface area contributed by atoms with E-state index in [0.29, 0.717) is 6.42 Å². The fraction of sp³-hybridized carbons (Fsp3) is 0.667. The Labute approximate surface area is 45.4 Å². The zero-order chi connectivity index (χ0) is 5.91. The van der Waals surface area contributed by atoms with Crippen LogP contribution in [0.15, 0.2) is 0 Å². The molecule has 1 heteroatoms. The second-order valence-corrected chi connectivity index (χ2v) is 1.97. The maximum absolute atomic E-state index is 8.80. The molecule has 42 valence electrons. The normalized spacial score (nSPS) is 12.0. The van der Waals surface area contributed by atoms with Crippen LogP contribution in [0.4, 0.5) is 0 Å². The van der Waals surface area contributed by atoms with E-state index in [9.17, 15) is 0 Å². The van der Waals surface area contributed by atoms with E-state index < -0.39 is 5.60 Å². The van der Waals surface area contributed by atoms with Crippen molar-refractivity contribution in [3.05, 3.63) is 13.8 Å². The van der Waals surface area contributed by atoms with Gasteiger partial charge in [0.1, 0.15) is 0 Å². The van der Waals surface area contributed by atoms with Gasteiger partial charge in [0.15, 0.2) is 0 Å². The van der Waals surface area contributed by atoms with Crippen LogP contribution in [0.3, 0.4) is 0 Å². The van der Waals surface area contributed by atoms with Crippen LogP contribution in [-0.2, 0) is 0 Å². The fourth-order valence-electron chi connectivity index (χ4n) is 0.465. The first-order valence-electron chi connectivity index (χ1n) is 2.49. The van der Waals surface area contributed by atoms with Crippen LogP contribution in [-0.4, -0.2) is 10.7 Å². The van der Waals surface area contributed by atoms with Crippen LogP contribution in [0, 0.1) is 13.8 Å². The van der Waals surface area contributed by atoms with Crippen LogP contribution in [0.2, 0.25) is 0 Å². The summed E-state index contributed by atoms with van der Waals surface area (Å²) in [6.45, 7) is 8.80. The largest absolute Gasteiger partial charge is 0.390 e. The van der Waals surface area contributed by atoms with Crippen molar-refractivity contribution in [1.82, 2.24) is 0 Å². The van der Waals surface area contributed by atoms with Gasteiger partial charge in [-0.15, -0.1) is 0 Å². The molecule has 0 saturated heterocycles. The van der Waals surface area contributed by atoms with E-state index in [4.69, 9.17) is 5.11 Å². The number of hydrogen-bond donors (Lipinski definition) is 1. The zero-order valence-electron chi connectivity index (χ0n) is 4.78. The Balaban J connectivity index is 3.15. The van der Waals surface area contributed by atoms with E-state index >= 15 is 0 Å². The van der Waals surface area contributed by atoms with E-state index in [-0.39, 0.29) is 0 Å². The van der Waals surface area contributed by atoms with Crippen LogP contribution in [0.25, 0.3) is 0 Å². The highest BCUT2D eigenvalue weighted by Crippen LogP contribution is 2.07. The minimum Gasteiger partial charge on any atom is -0.390 e. The highest BCUT2D eigenvalue weighted by atomic mass is 16.3. The summed E-state index contributed by atoms with van der Waals surface area (Å²) in [5.41, 5.74) is -0.950. The first kappa shape index (κ1) is 6.96. The van der Waals surface area contributed by atoms with E-state index in [0.717, 1.165) is 6.42 Å². The third kappa shape index (κ3) is 5.96. The van der Waals surface area contributed by atoms with Gasteiger partial charge < -0.3 is 5.11 Å². The molecule has 0 spiro atoms. The summed E-state index contributed by atoms with van der Waals surface area (Å²) >= 11 is 0. The lowest BCUT2D eigenvalue weighted by Crippen LogP contribution is -2.18. The third-order valence-corrected chi connectivity index (χ3v) is 0.715. The molecule has 0 rings (SSSR count). The predicted octanol–water partition coefficient (Wildman–Crippen LogP) is 1.19. The molecule has 0 amide bonds. The Morgan fingerprint density at radius 3 is 2.00 bits per heavy atom. The molecule has 0 aromatic rings. The first-order chi connectivity index (χ1) is 3.06. The molecular formula is C6H12O. The maximum atomic E-state index is 8.80. The summed E-state index contributed by atoms with van der Waals surface area (Å²) in [5, 5.41) is 8.80. The Morgan fingerprint density at radius 2 is 2.00 bits per heavy atom. The van der Waals surface area contributed by atoms with Gasteiger partial charge in [0.25, 0.3) is 0 Å². The van der Waals surface area contributed by atoms with Gasteiger partial charge >= 0.3 is 0 Å². The molecule has 0 aliphatic heterocycles. The average Bonchev–Trinajstić information content (AvgIpc) is 1.30. The lowest BCUT2D eigenvalue weighted by molar-refractivity contribution is 0.126. The van der Waals surface area contributed by atoms with Crippen molar-refractivity contribution in [2.75, 3.05) is 0 Å². The molecule has 0 bridgehead atoms. The van der Waals surface area contributed by atoms with Gasteiger partial charge in [-0.1, -0.05) is 13.3 Å². The molecule has 0 aliphatic rings. The summed E-state index contributed by atoms with van der Waals surface area (Å²) in [5.74, 6) is 0. The highest BCUT2D eigenvalue weighted by Gasteiger charge is 2.09. The molecular weight excluding hydrogens is 88.1 g/mol. The molecule has 0 aromatic carbocycles. The Bertz CT molecular complexity index is 42.6. The van der Waals surface area contributed by atoms with Gasteiger partial charge in [0.05, 0.1) is 5.60 Å². The van der Waals surface area contributed by atoms with Gasteiger partial charge in [0.2, 0.25) is 0 Å². The second-order valence-electron chi connectivity index (χ2n) is 1.97. The molecule has 0 aromatic heterocycles. The van der Waals surface area contributed by atoms with Crippen LogP contribution in [0.1, 0.15) is 19.8 Å². The first-order valence-corrected chi connectivity index (χ1v) is 2.49. The van der Waals surface area contributed by atoms with Gasteiger partial charge in [-0.2, -0.15) is 0 Å². The topological polar surface area (TPSA) is 20.2 Å². The predicted molar refractivity (Wildman–Crippen MR) is 30.6 cm³/mol. The Hall–Kier alpha value is -0.0400. The number of rotatable bonds is 2. The summed E-state index contributed by atoms with van der Waals surface area (Å²) in [6, 6.07) is 0. The van der Waals surface area contributed by atoms with E-state index in [1.165, 1.54) is 0 Å². The highest BCUT2D eigenvalue weighted by molar-refractivity contribution is 4.82. The molecule has 0 fully saturated rings. The monoisotopic (exact) mass is 100 g/mol. The maximum Gasteiger partial charge on any atom is 0.0649 e. The second kappa shape index (κ2) is 2.31. The number of hydrogen-bond acceptors (Lipinski definition) is 1. The molecule has 0 unspecified atom stereocenters. The van der Waals surface area contributed by atoms with Crippen molar-refractivity contribution >= 4 is 0 Å². The summed E-state index contributed by atoms with van der Waals surface area (Å²) in [7, 11) is 0. The molecule has 0 aliphatic carbocycles. The third-order valence-electron chi connectivity index (χ3n) is 0.715. The summed E-state index contributed by atoms with van der Waals surface area (Å²) in [6.07, 6.45) is 1.61. The smallest absolute Gasteiger partial charge is 0.0649 e. The van der Waals surface area contributed by atoms with Crippen LogP contribution in [0.5, 0.6) is 0 Å². The number of aliphatic hydroxyl groups is 1. The van der Waals surface area contributed by atoms with Gasteiger partial charge in [-0.05, 0) is 20.3 Å². The van der Waals surface area contributed by atoms with Crippen LogP contribution >= 0.6 is 0 Å². The molecule has 0 saturated carbocycles. The van der Waals surface area contributed by atoms with Gasteiger partial charge in [0, 0.05) is 0 Å². The molecule has 0 heterocycles. The minimum atomic E-state index is -0.950. The van der Waals surface area contributed by atoms with Crippen molar-refractivity contribution in [1.29, 1.82) is 0 Å². The van der Waals surface area contributed by atoms with E-state index in [1.807, 2.05) is 6.92 Å². The van der Waals surface area contributed by atoms with Crippen molar-refractivity contribution in [2.45, 2.75) is 25.4 Å². The minimum absolute atomic E-state index is 0.674. The Kier molecular flexibility index (Phi) is 2.30. The molecule has 0 atom stereocenters. The average molecular weight is 100 g/mol. The quantitative estimate of drug-likeness (QED) is 0.552. The molecule has 1 N–H and O–H groups in total. The summed E-state index contributed by atoms with van der Waals surface area (Å²) < 4.78 is 0. The zero-order valence-corrected chi connectivity index (χ0v) is 4.78.